The van der Waals surface area contributed by atoms with Gasteiger partial charge in [0.2, 0.25) is 0 Å². The Hall–Kier alpha value is -1.85. The molecule has 2 rings (SSSR count). The van der Waals surface area contributed by atoms with Crippen molar-refractivity contribution in [1.82, 2.24) is 5.43 Å². The van der Waals surface area contributed by atoms with Crippen molar-refractivity contribution in [2.24, 2.45) is 5.84 Å². The molecule has 0 radical (unpaired) electrons. The average Bonchev–Trinajstić information content (AvgIpc) is 2.39. The molecule has 19 heavy (non-hydrogen) atoms. The molecule has 1 unspecified atom stereocenters. The third-order valence-corrected chi connectivity index (χ3v) is 2.92. The number of nitrogens with two attached hydrogens (primary N) is 1. The first-order chi connectivity index (χ1) is 9.02. The van der Waals surface area contributed by atoms with Gasteiger partial charge in [-0.25, -0.2) is 18.6 Å². The predicted molar refractivity (Wildman–Crippen MR) is 66.7 cm³/mol. The van der Waals surface area contributed by atoms with Crippen LogP contribution in [0.5, 0.6) is 0 Å². The summed E-state index contributed by atoms with van der Waals surface area (Å²) in [7, 11) is 0. The molecule has 0 saturated heterocycles. The zero-order valence-corrected chi connectivity index (χ0v) is 10.3. The highest BCUT2D eigenvalue weighted by Crippen LogP contribution is 2.24. The van der Waals surface area contributed by atoms with Crippen LogP contribution < -0.4 is 11.3 Å². The van der Waals surface area contributed by atoms with Crippen LogP contribution in [-0.4, -0.2) is 0 Å². The lowest BCUT2D eigenvalue weighted by Crippen LogP contribution is -2.29. The van der Waals surface area contributed by atoms with E-state index in [9.17, 15) is 13.2 Å². The minimum Gasteiger partial charge on any atom is -0.271 e. The zero-order chi connectivity index (χ0) is 14.0. The van der Waals surface area contributed by atoms with Crippen molar-refractivity contribution in [2.75, 3.05) is 0 Å². The summed E-state index contributed by atoms with van der Waals surface area (Å²) in [4.78, 5) is 0. The van der Waals surface area contributed by atoms with Gasteiger partial charge >= 0.3 is 0 Å². The Bertz CT molecular complexity index is 559. The number of rotatable bonds is 3. The van der Waals surface area contributed by atoms with Gasteiger partial charge in [0.05, 0.1) is 6.04 Å². The van der Waals surface area contributed by atoms with Gasteiger partial charge in [0.15, 0.2) is 17.5 Å². The van der Waals surface area contributed by atoms with E-state index in [2.05, 4.69) is 5.43 Å². The molecule has 2 aromatic carbocycles. The maximum atomic E-state index is 13.2. The maximum absolute atomic E-state index is 13.2. The molecule has 2 nitrogen and oxygen atoms in total. The lowest BCUT2D eigenvalue weighted by atomic mass is 9.98. The molecule has 0 aliphatic heterocycles. The van der Waals surface area contributed by atoms with E-state index >= 15 is 0 Å². The zero-order valence-electron chi connectivity index (χ0n) is 10.3. The Morgan fingerprint density at radius 3 is 1.95 bits per heavy atom. The number of nitrogens with one attached hydrogen (secondary N) is 1. The van der Waals surface area contributed by atoms with Crippen molar-refractivity contribution in [2.45, 2.75) is 13.0 Å². The minimum absolute atomic E-state index is 0.225. The molecule has 0 fully saturated rings. The molecule has 1 atom stereocenters. The quantitative estimate of drug-likeness (QED) is 0.509. The van der Waals surface area contributed by atoms with Gasteiger partial charge in [-0.3, -0.25) is 5.84 Å². The third-order valence-electron chi connectivity index (χ3n) is 2.92. The van der Waals surface area contributed by atoms with Gasteiger partial charge in [0.1, 0.15) is 0 Å². The normalized spacial score (nSPS) is 12.5. The second kappa shape index (κ2) is 5.42. The standard InChI is InChI=1S/C14H13F3N2/c1-8-2-4-9(5-3-8)14(19-18)10-6-11(15)13(17)12(16)7-10/h2-7,14,19H,18H2,1H3. The van der Waals surface area contributed by atoms with E-state index < -0.39 is 23.5 Å². The number of benzene rings is 2. The molecule has 0 amide bonds. The van der Waals surface area contributed by atoms with Crippen LogP contribution in [-0.2, 0) is 0 Å². The molecule has 0 aromatic heterocycles. The van der Waals surface area contributed by atoms with E-state index in [0.29, 0.717) is 0 Å². The summed E-state index contributed by atoms with van der Waals surface area (Å²) in [6.07, 6.45) is 0. The minimum atomic E-state index is -1.48. The Labute approximate surface area is 109 Å². The molecule has 0 aliphatic carbocycles. The van der Waals surface area contributed by atoms with E-state index in [1.807, 2.05) is 19.1 Å². The lowest BCUT2D eigenvalue weighted by molar-refractivity contribution is 0.442. The molecule has 0 bridgehead atoms. The van der Waals surface area contributed by atoms with Crippen molar-refractivity contribution in [3.63, 3.8) is 0 Å². The van der Waals surface area contributed by atoms with Gasteiger partial charge < -0.3 is 0 Å². The van der Waals surface area contributed by atoms with Crippen molar-refractivity contribution in [1.29, 1.82) is 0 Å². The molecule has 0 spiro atoms. The molecule has 0 heterocycles. The topological polar surface area (TPSA) is 38.0 Å². The molecule has 2 aromatic rings. The van der Waals surface area contributed by atoms with E-state index in [4.69, 9.17) is 5.84 Å². The fraction of sp³-hybridized carbons (Fsp3) is 0.143. The Morgan fingerprint density at radius 2 is 1.47 bits per heavy atom. The van der Waals surface area contributed by atoms with Gasteiger partial charge in [-0.2, -0.15) is 0 Å². The number of hydrogen-bond donors (Lipinski definition) is 2. The summed E-state index contributed by atoms with van der Waals surface area (Å²) in [5.74, 6) is 1.47. The molecular formula is C14H13F3N2. The van der Waals surface area contributed by atoms with Gasteiger partial charge in [-0.1, -0.05) is 29.8 Å². The van der Waals surface area contributed by atoms with Crippen LogP contribution in [0.2, 0.25) is 0 Å². The van der Waals surface area contributed by atoms with Crippen LogP contribution in [0.25, 0.3) is 0 Å². The van der Waals surface area contributed by atoms with Gasteiger partial charge in [0, 0.05) is 0 Å². The second-order valence-electron chi connectivity index (χ2n) is 4.31. The van der Waals surface area contributed by atoms with E-state index in [-0.39, 0.29) is 5.56 Å². The predicted octanol–water partition coefficient (Wildman–Crippen LogP) is 2.97. The Balaban J connectivity index is 2.45. The Kier molecular flexibility index (Phi) is 3.87. The highest BCUT2D eigenvalue weighted by Gasteiger charge is 2.17. The number of halogens is 3. The first-order valence-electron chi connectivity index (χ1n) is 5.70. The molecular weight excluding hydrogens is 253 g/mol. The van der Waals surface area contributed by atoms with E-state index in [1.54, 1.807) is 12.1 Å². The summed E-state index contributed by atoms with van der Waals surface area (Å²) >= 11 is 0. The van der Waals surface area contributed by atoms with Crippen LogP contribution in [0.1, 0.15) is 22.7 Å². The number of hydrazine groups is 1. The highest BCUT2D eigenvalue weighted by atomic mass is 19.2. The average molecular weight is 266 g/mol. The van der Waals surface area contributed by atoms with E-state index in [1.165, 1.54) is 0 Å². The van der Waals surface area contributed by atoms with Crippen LogP contribution >= 0.6 is 0 Å². The SMILES string of the molecule is Cc1ccc(C(NN)c2cc(F)c(F)c(F)c2)cc1. The van der Waals surface area contributed by atoms with Crippen molar-refractivity contribution in [3.8, 4) is 0 Å². The summed E-state index contributed by atoms with van der Waals surface area (Å²) < 4.78 is 39.4. The molecule has 0 saturated carbocycles. The van der Waals surface area contributed by atoms with Gasteiger partial charge in [-0.15, -0.1) is 0 Å². The van der Waals surface area contributed by atoms with Crippen molar-refractivity contribution >= 4 is 0 Å². The van der Waals surface area contributed by atoms with Crippen molar-refractivity contribution < 1.29 is 13.2 Å². The summed E-state index contributed by atoms with van der Waals surface area (Å²) in [6.45, 7) is 1.92. The van der Waals surface area contributed by atoms with Gasteiger partial charge in [0.25, 0.3) is 0 Å². The van der Waals surface area contributed by atoms with Crippen LogP contribution in [0, 0.1) is 24.4 Å². The first kappa shape index (κ1) is 13.6. The van der Waals surface area contributed by atoms with Gasteiger partial charge in [-0.05, 0) is 30.2 Å². The van der Waals surface area contributed by atoms with Crippen molar-refractivity contribution in [3.05, 3.63) is 70.5 Å². The smallest absolute Gasteiger partial charge is 0.194 e. The largest absolute Gasteiger partial charge is 0.271 e. The Morgan fingerprint density at radius 1 is 0.947 bits per heavy atom. The lowest BCUT2D eigenvalue weighted by Gasteiger charge is -2.17. The van der Waals surface area contributed by atoms with Crippen LogP contribution in [0.4, 0.5) is 13.2 Å². The third kappa shape index (κ3) is 2.77. The summed E-state index contributed by atoms with van der Waals surface area (Å²) in [6, 6.07) is 8.56. The fourth-order valence-electron chi connectivity index (χ4n) is 1.89. The van der Waals surface area contributed by atoms with Crippen LogP contribution in [0.15, 0.2) is 36.4 Å². The maximum Gasteiger partial charge on any atom is 0.194 e. The number of hydrogen-bond acceptors (Lipinski definition) is 2. The second-order valence-corrected chi connectivity index (χ2v) is 4.31. The molecule has 0 aliphatic rings. The summed E-state index contributed by atoms with van der Waals surface area (Å²) in [5, 5.41) is 0. The fourth-order valence-corrected chi connectivity index (χ4v) is 1.89. The number of aryl methyl sites for hydroxylation is 1. The molecule has 5 heteroatoms. The van der Waals surface area contributed by atoms with E-state index in [0.717, 1.165) is 23.3 Å². The molecule has 100 valence electrons. The first-order valence-corrected chi connectivity index (χ1v) is 5.70. The molecule has 3 N–H and O–H groups in total. The monoisotopic (exact) mass is 266 g/mol. The highest BCUT2D eigenvalue weighted by molar-refractivity contribution is 5.34. The van der Waals surface area contributed by atoms with Crippen LogP contribution in [0.3, 0.4) is 0 Å². The summed E-state index contributed by atoms with van der Waals surface area (Å²) in [5.41, 5.74) is 4.48.